The quantitative estimate of drug-likeness (QED) is 0.142. The van der Waals surface area contributed by atoms with E-state index < -0.39 is 55.1 Å². The van der Waals surface area contributed by atoms with Crippen LogP contribution in [0.4, 0.5) is 0 Å². The van der Waals surface area contributed by atoms with Crippen molar-refractivity contribution >= 4 is 350 Å². The van der Waals surface area contributed by atoms with Crippen LogP contribution in [0, 0.1) is 27.7 Å². The second-order valence-electron chi connectivity index (χ2n) is 26.2. The zero-order valence-corrected chi connectivity index (χ0v) is 75.7. The predicted octanol–water partition coefficient (Wildman–Crippen LogP) is 21.7. The predicted molar refractivity (Wildman–Crippen MR) is 427 cm³/mol. The third-order valence-corrected chi connectivity index (χ3v) is 64.1. The Hall–Kier alpha value is -1.36. The fraction of sp³-hybridized carbons (Fsp3) is 0.262. The standard InChI is InChI=1S/C28H16BrN2O2S6.C16H10Br2N2O2S2.C12H6S4.9CH3.3Sn/c1-10-9-34-23-20(10)37-26-24-22(39-25(23)26)11(2)21(38-24)14-6-5-12(35-14)18-16-17(28(33)30(18)3)19(31(4)27(16)32)13-7-8-15(29)36-13;1-19-13(7-3-5-9(17)23-7)11-12(15(19)21)14(20(2)16(11)22)8-4-6-10(18)24-8;1-5-3-13-9-7(5)15-12-10-8(16-11(9)12)6(2)4-14-10;;;;;;;;;;;;/h5-8H,1-4H3;3-6H,1-2H3;1-2H3;9*1H3;;;. The summed E-state index contributed by atoms with van der Waals surface area (Å²) in [7, 11) is 6.99. The molecule has 0 fully saturated rings. The number of halogens is 3. The summed E-state index contributed by atoms with van der Waals surface area (Å²) in [4.78, 5) is 88.4. The molecule has 468 valence electrons. The SMILES string of the molecule is CN1C(=O)C2=C(c3ccc(Br)s3)N(C)C(=O)C2=C1c1ccc(Br)s1.Cc1[c]([Sn]([CH3])([CH3])[CH3])sc2c1sc1c3s[c]([Sn]([CH3])([CH3])[CH3])c(C)c3sc21.Cc1c(-c2ccc(C3=C4C(=O)N(C)C(c5ccc(Br)s5)=C4C(=O)N3C)s2)sc2c1sc1c3s[c]([Sn]([CH3])([CH3])[CH3])c(C)c3sc21. The molecule has 0 aliphatic carbocycles. The van der Waals surface area contributed by atoms with Gasteiger partial charge in [0.05, 0.1) is 65.4 Å². The fourth-order valence-corrected chi connectivity index (χ4v) is 52.6. The molecule has 0 atom stereocenters. The van der Waals surface area contributed by atoms with E-state index in [1.54, 1.807) is 107 Å². The van der Waals surface area contributed by atoms with E-state index >= 15 is 0 Å². The number of likely N-dealkylation sites (N-methyl/N-ethyl adjacent to an activating group) is 4. The summed E-state index contributed by atoms with van der Waals surface area (Å²) in [6.45, 7) is 9.34. The molecular formula is C65H59Br3N4O4S12Sn3. The van der Waals surface area contributed by atoms with Crippen LogP contribution in [-0.4, -0.2) is 127 Å². The second-order valence-corrected chi connectivity index (χ2v) is 88.7. The monoisotopic (exact) mass is 1940 g/mol. The molecule has 0 radical (unpaired) electrons. The Morgan fingerprint density at radius 1 is 0.286 bits per heavy atom. The molecule has 0 spiro atoms. The molecule has 26 heteroatoms. The molecule has 12 aromatic rings. The Kier molecular flexibility index (Phi) is 17.6. The molecule has 0 saturated heterocycles. The van der Waals surface area contributed by atoms with Crippen molar-refractivity contribution in [1.82, 2.24) is 19.6 Å². The summed E-state index contributed by atoms with van der Waals surface area (Å²) in [5.41, 5.74) is 10.9. The number of nitrogens with zero attached hydrogens (tertiary/aromatic N) is 4. The third kappa shape index (κ3) is 10.8. The van der Waals surface area contributed by atoms with Crippen molar-refractivity contribution in [2.24, 2.45) is 0 Å². The van der Waals surface area contributed by atoms with Crippen LogP contribution in [0.3, 0.4) is 0 Å². The number of thiophene rings is 12. The van der Waals surface area contributed by atoms with Gasteiger partial charge in [0, 0.05) is 28.2 Å². The van der Waals surface area contributed by atoms with Gasteiger partial charge in [-0.3, -0.25) is 19.2 Å². The van der Waals surface area contributed by atoms with E-state index in [9.17, 15) is 19.2 Å². The van der Waals surface area contributed by atoms with Crippen molar-refractivity contribution in [3.05, 3.63) is 124 Å². The average molecular weight is 1940 g/mol. The van der Waals surface area contributed by atoms with Gasteiger partial charge >= 0.3 is 349 Å². The van der Waals surface area contributed by atoms with Crippen molar-refractivity contribution in [3.8, 4) is 9.75 Å². The molecule has 0 aromatic carbocycles. The number of amides is 4. The van der Waals surface area contributed by atoms with Crippen LogP contribution in [0.15, 0.2) is 82.2 Å². The number of carbonyl (C=O) groups excluding carboxylic acids is 4. The van der Waals surface area contributed by atoms with E-state index in [1.807, 2.05) is 70.4 Å². The molecule has 4 aliphatic heterocycles. The van der Waals surface area contributed by atoms with Gasteiger partial charge in [0.15, 0.2) is 0 Å². The van der Waals surface area contributed by atoms with Crippen LogP contribution >= 0.6 is 184 Å². The number of aryl methyl sites for hydroxylation is 4. The van der Waals surface area contributed by atoms with E-state index in [2.05, 4.69) is 189 Å². The summed E-state index contributed by atoms with van der Waals surface area (Å²) >= 11 is 26.8. The van der Waals surface area contributed by atoms with E-state index in [0.717, 1.165) is 30.9 Å². The topological polar surface area (TPSA) is 81.2 Å². The van der Waals surface area contributed by atoms with Crippen molar-refractivity contribution in [2.45, 2.75) is 72.2 Å². The van der Waals surface area contributed by atoms with Gasteiger partial charge in [-0.25, -0.2) is 0 Å². The first-order valence-electron chi connectivity index (χ1n) is 29.0. The Bertz CT molecular complexity index is 5190. The van der Waals surface area contributed by atoms with Gasteiger partial charge in [-0.1, -0.05) is 0 Å². The van der Waals surface area contributed by atoms with Crippen LogP contribution in [0.2, 0.25) is 44.5 Å². The van der Waals surface area contributed by atoms with Crippen molar-refractivity contribution in [3.63, 3.8) is 0 Å². The molecule has 16 heterocycles. The van der Waals surface area contributed by atoms with Gasteiger partial charge in [0.1, 0.15) is 0 Å². The summed E-state index contributed by atoms with van der Waals surface area (Å²) in [5, 5.41) is 0. The maximum absolute atomic E-state index is 13.6. The molecule has 4 amide bonds. The van der Waals surface area contributed by atoms with Crippen LogP contribution in [0.25, 0.3) is 88.9 Å². The molecule has 16 rings (SSSR count). The summed E-state index contributed by atoms with van der Waals surface area (Å²) in [5.74, 6) is -0.526. The normalized spacial score (nSPS) is 16.0. The van der Waals surface area contributed by atoms with Crippen LogP contribution in [-0.2, 0) is 19.2 Å². The Morgan fingerprint density at radius 2 is 0.516 bits per heavy atom. The van der Waals surface area contributed by atoms with Gasteiger partial charge in [0.25, 0.3) is 23.6 Å². The van der Waals surface area contributed by atoms with Gasteiger partial charge < -0.3 is 19.6 Å². The Morgan fingerprint density at radius 3 is 0.780 bits per heavy atom. The van der Waals surface area contributed by atoms with Gasteiger partial charge in [0.2, 0.25) is 0 Å². The molecule has 91 heavy (non-hydrogen) atoms. The van der Waals surface area contributed by atoms with Crippen LogP contribution in [0.5, 0.6) is 0 Å². The molecule has 0 N–H and O–H groups in total. The Balaban J connectivity index is 0.000000128. The van der Waals surface area contributed by atoms with E-state index in [1.165, 1.54) is 83.1 Å². The number of hydrogen-bond acceptors (Lipinski definition) is 16. The maximum atomic E-state index is 13.6. The molecule has 4 aliphatic rings. The van der Waals surface area contributed by atoms with Crippen molar-refractivity contribution < 1.29 is 19.2 Å². The van der Waals surface area contributed by atoms with Crippen LogP contribution < -0.4 is 8.68 Å². The van der Waals surface area contributed by atoms with Crippen LogP contribution in [0.1, 0.15) is 41.8 Å². The van der Waals surface area contributed by atoms with Gasteiger partial charge in [-0.2, -0.15) is 0 Å². The minimum atomic E-state index is -2.16. The van der Waals surface area contributed by atoms with Gasteiger partial charge in [-0.05, 0) is 84.2 Å². The zero-order chi connectivity index (χ0) is 65.0. The third-order valence-electron chi connectivity index (χ3n) is 16.8. The van der Waals surface area contributed by atoms with Gasteiger partial charge in [-0.15, -0.1) is 34.0 Å². The first kappa shape index (κ1) is 66.9. The fourth-order valence-electron chi connectivity index (χ4n) is 12.8. The van der Waals surface area contributed by atoms with Crippen molar-refractivity contribution in [1.29, 1.82) is 0 Å². The number of rotatable bonds is 8. The molecule has 0 bridgehead atoms. The molecular weight excluding hydrogens is 1880 g/mol. The zero-order valence-electron chi connectivity index (χ0n) is 52.6. The van der Waals surface area contributed by atoms with E-state index in [4.69, 9.17) is 0 Å². The minimum absolute atomic E-state index is 0.126. The van der Waals surface area contributed by atoms with Crippen molar-refractivity contribution in [2.75, 3.05) is 28.2 Å². The summed E-state index contributed by atoms with van der Waals surface area (Å²) in [6.07, 6.45) is 0. The second kappa shape index (κ2) is 23.9. The molecule has 0 unspecified atom stereocenters. The van der Waals surface area contributed by atoms with E-state index in [0.29, 0.717) is 45.1 Å². The number of hydrogen-bond donors (Lipinski definition) is 0. The summed E-state index contributed by atoms with van der Waals surface area (Å²) < 4.78 is 26.4. The first-order chi connectivity index (χ1) is 42.8. The Labute approximate surface area is 613 Å². The molecule has 12 aromatic heterocycles. The average Bonchev–Trinajstić information content (AvgIpc) is 1.58. The van der Waals surface area contributed by atoms with E-state index in [-0.39, 0.29) is 23.6 Å². The summed E-state index contributed by atoms with van der Waals surface area (Å²) in [6, 6.07) is 15.9. The molecule has 0 saturated carbocycles. The number of fused-ring (bicyclic) bond motifs is 12. The molecule has 8 nitrogen and oxygen atoms in total. The number of carbonyl (C=O) groups is 4. The first-order valence-corrected chi connectivity index (χ1v) is 71.1.